The largest absolute Gasteiger partial charge is 0.332 e. The number of hydrogen-bond donors (Lipinski definition) is 1. The van der Waals surface area contributed by atoms with E-state index in [2.05, 4.69) is 15.4 Å². The third-order valence-electron chi connectivity index (χ3n) is 3.96. The van der Waals surface area contributed by atoms with Crippen molar-refractivity contribution in [3.63, 3.8) is 0 Å². The van der Waals surface area contributed by atoms with Crippen LogP contribution in [0.25, 0.3) is 0 Å². The third-order valence-corrected chi connectivity index (χ3v) is 3.96. The van der Waals surface area contributed by atoms with Gasteiger partial charge in [0.25, 0.3) is 0 Å². The van der Waals surface area contributed by atoms with E-state index in [-0.39, 0.29) is 12.1 Å². The summed E-state index contributed by atoms with van der Waals surface area (Å²) in [6.45, 7) is 3.97. The molecule has 1 aliphatic rings. The molecule has 0 spiro atoms. The van der Waals surface area contributed by atoms with Crippen LogP contribution in [0.5, 0.6) is 0 Å². The minimum atomic E-state index is -0.0158. The summed E-state index contributed by atoms with van der Waals surface area (Å²) in [4.78, 5) is 18.7. The first-order valence-corrected chi connectivity index (χ1v) is 7.67. The van der Waals surface area contributed by atoms with Crippen LogP contribution in [0.15, 0.2) is 36.7 Å². The van der Waals surface area contributed by atoms with Crippen molar-refractivity contribution in [2.75, 3.05) is 6.54 Å². The van der Waals surface area contributed by atoms with Crippen LogP contribution in [-0.2, 0) is 13.1 Å². The van der Waals surface area contributed by atoms with E-state index in [0.29, 0.717) is 6.54 Å². The first kappa shape index (κ1) is 14.6. The van der Waals surface area contributed by atoms with E-state index in [9.17, 15) is 4.79 Å². The molecule has 6 nitrogen and oxygen atoms in total. The zero-order valence-electron chi connectivity index (χ0n) is 12.8. The van der Waals surface area contributed by atoms with Crippen molar-refractivity contribution in [1.29, 1.82) is 0 Å². The Kier molecular flexibility index (Phi) is 4.37. The first-order valence-electron chi connectivity index (χ1n) is 7.67. The van der Waals surface area contributed by atoms with Gasteiger partial charge in [0, 0.05) is 24.6 Å². The number of aromatic nitrogens is 3. The molecule has 3 rings (SSSR count). The maximum Gasteiger partial charge on any atom is 0.318 e. The van der Waals surface area contributed by atoms with Gasteiger partial charge < -0.3 is 10.2 Å². The topological polar surface area (TPSA) is 63.1 Å². The zero-order chi connectivity index (χ0) is 15.4. The lowest BCUT2D eigenvalue weighted by molar-refractivity contribution is 0.185. The Morgan fingerprint density at radius 3 is 3.09 bits per heavy atom. The van der Waals surface area contributed by atoms with Crippen LogP contribution in [0.2, 0.25) is 0 Å². The molecule has 0 aliphatic carbocycles. The summed E-state index contributed by atoms with van der Waals surface area (Å²) < 4.78 is 1.89. The van der Waals surface area contributed by atoms with Gasteiger partial charge in [0.15, 0.2) is 0 Å². The number of carbonyl (C=O) groups is 1. The normalized spacial score (nSPS) is 17.7. The van der Waals surface area contributed by atoms with Crippen LogP contribution in [0, 0.1) is 6.92 Å². The van der Waals surface area contributed by atoms with Crippen LogP contribution in [-0.4, -0.2) is 38.3 Å². The maximum absolute atomic E-state index is 12.4. The van der Waals surface area contributed by atoms with Gasteiger partial charge in [-0.1, -0.05) is 6.07 Å². The number of pyridine rings is 1. The predicted molar refractivity (Wildman–Crippen MR) is 83.2 cm³/mol. The van der Waals surface area contributed by atoms with Crippen molar-refractivity contribution in [2.45, 2.75) is 38.9 Å². The highest BCUT2D eigenvalue weighted by molar-refractivity contribution is 5.74. The van der Waals surface area contributed by atoms with E-state index in [1.807, 2.05) is 47.0 Å². The minimum Gasteiger partial charge on any atom is -0.332 e. The molecule has 0 saturated carbocycles. The van der Waals surface area contributed by atoms with Gasteiger partial charge in [-0.3, -0.25) is 9.67 Å². The van der Waals surface area contributed by atoms with Crippen molar-refractivity contribution in [3.8, 4) is 0 Å². The van der Waals surface area contributed by atoms with Gasteiger partial charge in [-0.15, -0.1) is 0 Å². The van der Waals surface area contributed by atoms with Crippen LogP contribution in [0.3, 0.4) is 0 Å². The number of nitrogens with one attached hydrogen (secondary N) is 1. The molecule has 3 heterocycles. The first-order chi connectivity index (χ1) is 10.7. The summed E-state index contributed by atoms with van der Waals surface area (Å²) in [5.74, 6) is 0. The average molecular weight is 299 g/mol. The van der Waals surface area contributed by atoms with Crippen LogP contribution >= 0.6 is 0 Å². The number of hydrogen-bond acceptors (Lipinski definition) is 3. The molecule has 0 radical (unpaired) electrons. The highest BCUT2D eigenvalue weighted by Crippen LogP contribution is 2.18. The predicted octanol–water partition coefficient (Wildman–Crippen LogP) is 1.96. The highest BCUT2D eigenvalue weighted by atomic mass is 16.2. The van der Waals surface area contributed by atoms with Gasteiger partial charge in [-0.2, -0.15) is 5.10 Å². The standard InChI is InChI=1S/C16H21N5O/c1-13-5-2-6-14(19-13)11-17-16(22)21-10-3-7-15(21)12-20-9-4-8-18-20/h2,4-6,8-9,15H,3,7,10-12H2,1H3,(H,17,22)/t15-/m0/s1. The maximum atomic E-state index is 12.4. The summed E-state index contributed by atoms with van der Waals surface area (Å²) >= 11 is 0. The van der Waals surface area contributed by atoms with Gasteiger partial charge in [-0.05, 0) is 38.0 Å². The molecule has 6 heteroatoms. The van der Waals surface area contributed by atoms with Gasteiger partial charge >= 0.3 is 6.03 Å². The average Bonchev–Trinajstić information content (AvgIpc) is 3.17. The molecule has 1 N–H and O–H groups in total. The number of amides is 2. The third kappa shape index (κ3) is 3.44. The fraction of sp³-hybridized carbons (Fsp3) is 0.438. The molecule has 0 bridgehead atoms. The Morgan fingerprint density at radius 1 is 1.41 bits per heavy atom. The number of urea groups is 1. The number of rotatable bonds is 4. The van der Waals surface area contributed by atoms with Crippen molar-refractivity contribution in [2.24, 2.45) is 0 Å². The monoisotopic (exact) mass is 299 g/mol. The Labute approximate surface area is 130 Å². The second-order valence-electron chi connectivity index (χ2n) is 5.65. The van der Waals surface area contributed by atoms with E-state index in [0.717, 1.165) is 37.3 Å². The van der Waals surface area contributed by atoms with Gasteiger partial charge in [0.2, 0.25) is 0 Å². The summed E-state index contributed by atoms with van der Waals surface area (Å²) in [6, 6.07) is 7.94. The highest BCUT2D eigenvalue weighted by Gasteiger charge is 2.28. The fourth-order valence-electron chi connectivity index (χ4n) is 2.88. The molecule has 1 aliphatic heterocycles. The SMILES string of the molecule is Cc1cccc(CNC(=O)N2CCC[C@H]2Cn2cccn2)n1. The van der Waals surface area contributed by atoms with E-state index < -0.39 is 0 Å². The molecule has 1 fully saturated rings. The minimum absolute atomic E-state index is 0.0158. The van der Waals surface area contributed by atoms with E-state index in [1.54, 1.807) is 6.20 Å². The smallest absolute Gasteiger partial charge is 0.318 e. The van der Waals surface area contributed by atoms with Crippen molar-refractivity contribution >= 4 is 6.03 Å². The molecule has 2 aromatic heterocycles. The summed E-state index contributed by atoms with van der Waals surface area (Å²) in [5.41, 5.74) is 1.85. The zero-order valence-corrected chi connectivity index (χ0v) is 12.8. The molecule has 0 aromatic carbocycles. The molecule has 1 saturated heterocycles. The Bertz CT molecular complexity index is 625. The van der Waals surface area contributed by atoms with Crippen LogP contribution in [0.4, 0.5) is 4.79 Å². The lowest BCUT2D eigenvalue weighted by atomic mass is 10.2. The molecule has 2 aromatic rings. The molecular weight excluding hydrogens is 278 g/mol. The molecule has 116 valence electrons. The summed E-state index contributed by atoms with van der Waals surface area (Å²) in [6.07, 6.45) is 5.77. The lowest BCUT2D eigenvalue weighted by Gasteiger charge is -2.25. The molecule has 22 heavy (non-hydrogen) atoms. The number of likely N-dealkylation sites (tertiary alicyclic amines) is 1. The van der Waals surface area contributed by atoms with Gasteiger partial charge in [-0.25, -0.2) is 4.79 Å². The quantitative estimate of drug-likeness (QED) is 0.938. The van der Waals surface area contributed by atoms with Crippen molar-refractivity contribution in [3.05, 3.63) is 48.0 Å². The second kappa shape index (κ2) is 6.60. The molecule has 2 amide bonds. The van der Waals surface area contributed by atoms with Gasteiger partial charge in [0.05, 0.1) is 24.8 Å². The number of aryl methyl sites for hydroxylation is 1. The molecule has 1 atom stereocenters. The Balaban J connectivity index is 1.56. The van der Waals surface area contributed by atoms with E-state index >= 15 is 0 Å². The number of carbonyl (C=O) groups excluding carboxylic acids is 1. The Hall–Kier alpha value is -2.37. The van der Waals surface area contributed by atoms with E-state index in [1.165, 1.54) is 0 Å². The Morgan fingerprint density at radius 2 is 2.32 bits per heavy atom. The second-order valence-corrected chi connectivity index (χ2v) is 5.65. The summed E-state index contributed by atoms with van der Waals surface area (Å²) in [5, 5.41) is 7.20. The number of nitrogens with zero attached hydrogens (tertiary/aromatic N) is 4. The lowest BCUT2D eigenvalue weighted by Crippen LogP contribution is -2.44. The fourth-order valence-corrected chi connectivity index (χ4v) is 2.88. The van der Waals surface area contributed by atoms with Crippen molar-refractivity contribution in [1.82, 2.24) is 25.0 Å². The molecular formula is C16H21N5O. The van der Waals surface area contributed by atoms with Crippen LogP contribution < -0.4 is 5.32 Å². The van der Waals surface area contributed by atoms with Crippen LogP contribution in [0.1, 0.15) is 24.2 Å². The van der Waals surface area contributed by atoms with Gasteiger partial charge in [0.1, 0.15) is 0 Å². The molecule has 0 unspecified atom stereocenters. The van der Waals surface area contributed by atoms with E-state index in [4.69, 9.17) is 0 Å². The summed E-state index contributed by atoms with van der Waals surface area (Å²) in [7, 11) is 0. The van der Waals surface area contributed by atoms with Crippen molar-refractivity contribution < 1.29 is 4.79 Å².